The lowest BCUT2D eigenvalue weighted by Gasteiger charge is -2.22. The Balaban J connectivity index is 1.51. The van der Waals surface area contributed by atoms with Gasteiger partial charge in [0.05, 0.1) is 31.8 Å². The quantitative estimate of drug-likeness (QED) is 0.279. The zero-order valence-corrected chi connectivity index (χ0v) is 21.4. The van der Waals surface area contributed by atoms with Crippen LogP contribution in [0.2, 0.25) is 5.02 Å². The summed E-state index contributed by atoms with van der Waals surface area (Å²) in [6.07, 6.45) is 3.86. The molecule has 0 spiro atoms. The fraction of sp³-hybridized carbons (Fsp3) is 0.241. The summed E-state index contributed by atoms with van der Waals surface area (Å²) in [5, 5.41) is 7.58. The van der Waals surface area contributed by atoms with Crippen LogP contribution in [0.5, 0.6) is 11.5 Å². The summed E-state index contributed by atoms with van der Waals surface area (Å²) < 4.78 is 25.0. The zero-order chi connectivity index (χ0) is 25.9. The second-order valence-corrected chi connectivity index (χ2v) is 9.38. The van der Waals surface area contributed by atoms with E-state index in [2.05, 4.69) is 10.6 Å². The Morgan fingerprint density at radius 2 is 1.78 bits per heavy atom. The molecule has 2 N–H and O–H groups in total. The monoisotopic (exact) mass is 519 g/mol. The fourth-order valence-corrected chi connectivity index (χ4v) is 5.00. The molecule has 190 valence electrons. The molecule has 37 heavy (non-hydrogen) atoms. The van der Waals surface area contributed by atoms with Crippen molar-refractivity contribution in [1.29, 1.82) is 0 Å². The number of carbonyl (C=O) groups excluding carboxylic acids is 1. The summed E-state index contributed by atoms with van der Waals surface area (Å²) in [7, 11) is 3.21. The minimum absolute atomic E-state index is 0.164. The number of halogens is 2. The molecule has 1 aromatic heterocycles. The van der Waals surface area contributed by atoms with Crippen molar-refractivity contribution in [2.24, 2.45) is 0 Å². The number of hydrogen-bond acceptors (Lipinski definition) is 5. The number of hydrogen-bond donors (Lipinski definition) is 2. The number of amides is 1. The number of ether oxygens (including phenoxy) is 2. The second-order valence-electron chi connectivity index (χ2n) is 8.97. The Morgan fingerprint density at radius 3 is 2.57 bits per heavy atom. The summed E-state index contributed by atoms with van der Waals surface area (Å²) in [5.74, 6) is 0.416. The summed E-state index contributed by atoms with van der Waals surface area (Å²) in [6, 6.07) is 15.7. The Hall–Kier alpha value is -3.84. The van der Waals surface area contributed by atoms with Crippen LogP contribution in [0.25, 0.3) is 10.9 Å². The summed E-state index contributed by atoms with van der Waals surface area (Å²) in [5.41, 5.74) is 5.68. The van der Waals surface area contributed by atoms with Crippen LogP contribution in [0.15, 0.2) is 54.6 Å². The van der Waals surface area contributed by atoms with E-state index in [4.69, 9.17) is 26.1 Å². The standard InChI is InChI=1S/C29H27ClFN3O3/c1-36-26-13-11-18(15-27(26)37-2)33-29-19-6-3-4-9-24(19)34-25-12-10-17(14-21(25)29)32-28(35)16-20-22(30)7-5-8-23(20)31/h5,7-8,10-15H,3-4,6,9,16H2,1-2H3,(H,32,35)(H,33,34). The molecule has 1 amide bonds. The number of benzene rings is 3. The predicted molar refractivity (Wildman–Crippen MR) is 145 cm³/mol. The summed E-state index contributed by atoms with van der Waals surface area (Å²) in [6.45, 7) is 0. The fourth-order valence-electron chi connectivity index (χ4n) is 4.77. The lowest BCUT2D eigenvalue weighted by Crippen LogP contribution is -2.16. The number of pyridine rings is 1. The van der Waals surface area contributed by atoms with Gasteiger partial charge in [0, 0.05) is 39.1 Å². The largest absolute Gasteiger partial charge is 0.493 e. The first-order valence-corrected chi connectivity index (χ1v) is 12.5. The van der Waals surface area contributed by atoms with E-state index in [9.17, 15) is 9.18 Å². The third kappa shape index (κ3) is 5.18. The van der Waals surface area contributed by atoms with Crippen molar-refractivity contribution in [3.05, 3.63) is 82.3 Å². The summed E-state index contributed by atoms with van der Waals surface area (Å²) in [4.78, 5) is 17.7. The molecular weight excluding hydrogens is 493 g/mol. The number of fused-ring (bicyclic) bond motifs is 2. The Kier molecular flexibility index (Phi) is 7.15. The average molecular weight is 520 g/mol. The van der Waals surface area contributed by atoms with Crippen molar-refractivity contribution in [3.8, 4) is 11.5 Å². The molecular formula is C29H27ClFN3O3. The minimum Gasteiger partial charge on any atom is -0.493 e. The molecule has 0 unspecified atom stereocenters. The maximum atomic E-state index is 14.2. The number of carbonyl (C=O) groups is 1. The third-order valence-corrected chi connectivity index (χ3v) is 6.95. The van der Waals surface area contributed by atoms with Gasteiger partial charge < -0.3 is 20.1 Å². The number of methoxy groups -OCH3 is 2. The van der Waals surface area contributed by atoms with E-state index in [1.54, 1.807) is 20.3 Å². The van der Waals surface area contributed by atoms with Gasteiger partial charge in [-0.25, -0.2) is 4.39 Å². The zero-order valence-electron chi connectivity index (χ0n) is 20.7. The molecule has 0 aliphatic heterocycles. The van der Waals surface area contributed by atoms with E-state index < -0.39 is 5.82 Å². The highest BCUT2D eigenvalue weighted by Gasteiger charge is 2.20. The van der Waals surface area contributed by atoms with Crippen LogP contribution in [0.1, 0.15) is 29.7 Å². The molecule has 0 atom stereocenters. The predicted octanol–water partition coefficient (Wildman–Crippen LogP) is 6.85. The maximum absolute atomic E-state index is 14.2. The Bertz CT molecular complexity index is 1470. The second kappa shape index (κ2) is 10.6. The van der Waals surface area contributed by atoms with Gasteiger partial charge in [-0.1, -0.05) is 17.7 Å². The first-order chi connectivity index (χ1) is 18.0. The van der Waals surface area contributed by atoms with E-state index >= 15 is 0 Å². The van der Waals surface area contributed by atoms with Crippen LogP contribution in [-0.4, -0.2) is 25.1 Å². The van der Waals surface area contributed by atoms with Crippen molar-refractivity contribution >= 4 is 45.5 Å². The maximum Gasteiger partial charge on any atom is 0.228 e. The molecule has 0 saturated heterocycles. The van der Waals surface area contributed by atoms with Gasteiger partial charge in [-0.2, -0.15) is 0 Å². The number of nitrogens with one attached hydrogen (secondary N) is 2. The van der Waals surface area contributed by atoms with E-state index in [1.807, 2.05) is 36.4 Å². The molecule has 0 saturated carbocycles. The lowest BCUT2D eigenvalue weighted by atomic mass is 9.92. The molecule has 0 fully saturated rings. The van der Waals surface area contributed by atoms with Gasteiger partial charge in [0.2, 0.25) is 5.91 Å². The molecule has 1 heterocycles. The highest BCUT2D eigenvalue weighted by Crippen LogP contribution is 2.38. The molecule has 3 aromatic carbocycles. The van der Waals surface area contributed by atoms with Gasteiger partial charge in [0.15, 0.2) is 11.5 Å². The highest BCUT2D eigenvalue weighted by atomic mass is 35.5. The molecule has 8 heteroatoms. The topological polar surface area (TPSA) is 72.5 Å². The van der Waals surface area contributed by atoms with Crippen LogP contribution < -0.4 is 20.1 Å². The minimum atomic E-state index is -0.501. The molecule has 5 rings (SSSR count). The molecule has 4 aromatic rings. The van der Waals surface area contributed by atoms with E-state index in [0.29, 0.717) is 17.2 Å². The molecule has 6 nitrogen and oxygen atoms in total. The highest BCUT2D eigenvalue weighted by molar-refractivity contribution is 6.31. The normalized spacial score (nSPS) is 12.6. The van der Waals surface area contributed by atoms with Gasteiger partial charge >= 0.3 is 0 Å². The lowest BCUT2D eigenvalue weighted by molar-refractivity contribution is -0.115. The van der Waals surface area contributed by atoms with Crippen molar-refractivity contribution < 1.29 is 18.7 Å². The van der Waals surface area contributed by atoms with Crippen LogP contribution in [0.4, 0.5) is 21.5 Å². The molecule has 0 radical (unpaired) electrons. The van der Waals surface area contributed by atoms with Gasteiger partial charge in [-0.05, 0) is 73.7 Å². The van der Waals surface area contributed by atoms with E-state index in [0.717, 1.165) is 53.7 Å². The number of rotatable bonds is 7. The van der Waals surface area contributed by atoms with Gasteiger partial charge in [-0.15, -0.1) is 0 Å². The van der Waals surface area contributed by atoms with Gasteiger partial charge in [0.1, 0.15) is 5.82 Å². The van der Waals surface area contributed by atoms with Crippen molar-refractivity contribution in [3.63, 3.8) is 0 Å². The first kappa shape index (κ1) is 24.8. The average Bonchev–Trinajstić information content (AvgIpc) is 2.91. The van der Waals surface area contributed by atoms with Gasteiger partial charge in [0.25, 0.3) is 0 Å². The van der Waals surface area contributed by atoms with Crippen LogP contribution in [0, 0.1) is 5.82 Å². The summed E-state index contributed by atoms with van der Waals surface area (Å²) >= 11 is 6.11. The van der Waals surface area contributed by atoms with Crippen molar-refractivity contribution in [1.82, 2.24) is 4.98 Å². The van der Waals surface area contributed by atoms with Crippen LogP contribution in [0.3, 0.4) is 0 Å². The third-order valence-electron chi connectivity index (χ3n) is 6.60. The van der Waals surface area contributed by atoms with Crippen molar-refractivity contribution in [2.75, 3.05) is 24.9 Å². The Morgan fingerprint density at radius 1 is 1.00 bits per heavy atom. The first-order valence-electron chi connectivity index (χ1n) is 12.1. The SMILES string of the molecule is COc1ccc(Nc2c3c(nc4ccc(NC(=O)Cc5c(F)cccc5Cl)cc24)CCCC3)cc1OC. The Labute approximate surface area is 219 Å². The van der Waals surface area contributed by atoms with Crippen LogP contribution in [-0.2, 0) is 24.1 Å². The van der Waals surface area contributed by atoms with Crippen LogP contribution >= 0.6 is 11.6 Å². The molecule has 1 aliphatic rings. The number of nitrogens with zero attached hydrogens (tertiary/aromatic N) is 1. The smallest absolute Gasteiger partial charge is 0.228 e. The molecule has 1 aliphatic carbocycles. The number of aromatic nitrogens is 1. The molecule has 0 bridgehead atoms. The van der Waals surface area contributed by atoms with Gasteiger partial charge in [-0.3, -0.25) is 9.78 Å². The number of aryl methyl sites for hydroxylation is 1. The number of anilines is 3. The van der Waals surface area contributed by atoms with Crippen molar-refractivity contribution in [2.45, 2.75) is 32.1 Å². The van der Waals surface area contributed by atoms with E-state index in [1.165, 1.54) is 17.7 Å². The van der Waals surface area contributed by atoms with E-state index in [-0.39, 0.29) is 22.9 Å².